The largest absolute Gasteiger partial charge is 0.496 e. The Hall–Kier alpha value is -4.09. The molecule has 0 amide bonds. The van der Waals surface area contributed by atoms with Gasteiger partial charge in [-0.1, -0.05) is 84.9 Å². The van der Waals surface area contributed by atoms with Crippen LogP contribution in [0.5, 0.6) is 5.75 Å². The highest BCUT2D eigenvalue weighted by Gasteiger charge is 2.39. The van der Waals surface area contributed by atoms with Gasteiger partial charge < -0.3 is 9.84 Å². The summed E-state index contributed by atoms with van der Waals surface area (Å²) >= 11 is 0. The Morgan fingerprint density at radius 1 is 0.789 bits per heavy atom. The molecule has 2 N–H and O–H groups in total. The number of ketones is 2. The highest BCUT2D eigenvalue weighted by atomic mass is 31.2. The molecular formula is C31H28NO5P. The van der Waals surface area contributed by atoms with Crippen molar-refractivity contribution in [3.05, 3.63) is 132 Å². The number of benzene rings is 4. The van der Waals surface area contributed by atoms with Gasteiger partial charge in [-0.25, -0.2) is 5.09 Å². The molecule has 0 radical (unpaired) electrons. The third kappa shape index (κ3) is 6.06. The lowest BCUT2D eigenvalue weighted by Crippen LogP contribution is -2.50. The number of hydrogen-bond acceptors (Lipinski definition) is 5. The number of ether oxygens (including phenoxy) is 1. The maximum atomic E-state index is 14.7. The summed E-state index contributed by atoms with van der Waals surface area (Å²) in [5, 5.41) is 15.1. The zero-order valence-corrected chi connectivity index (χ0v) is 21.7. The van der Waals surface area contributed by atoms with E-state index in [2.05, 4.69) is 5.09 Å². The Morgan fingerprint density at radius 2 is 1.29 bits per heavy atom. The Morgan fingerprint density at radius 3 is 1.84 bits per heavy atom. The Balaban J connectivity index is 1.78. The molecule has 0 bridgehead atoms. The van der Waals surface area contributed by atoms with Gasteiger partial charge in [0.15, 0.2) is 11.6 Å². The van der Waals surface area contributed by atoms with E-state index in [0.29, 0.717) is 10.6 Å². The van der Waals surface area contributed by atoms with Crippen LogP contribution in [0.25, 0.3) is 6.08 Å². The standard InChI is InChI=1S/C31H28NO5P/c1-37-28-20-12-11-19-26(28)30(34)31(35)29(27(33)22-21-23-13-5-2-6-14-23)32-38(36,24-15-7-3-8-16-24)25-17-9-4-10-18-25/h2-22,29,31,35H,1H3,(H,32,36)/b22-21+/t29-,31+/m0/s1. The molecular weight excluding hydrogens is 497 g/mol. The van der Waals surface area contributed by atoms with E-state index >= 15 is 0 Å². The minimum atomic E-state index is -3.68. The van der Waals surface area contributed by atoms with Crippen LogP contribution in [0.3, 0.4) is 0 Å². The van der Waals surface area contributed by atoms with Crippen LogP contribution < -0.4 is 20.4 Å². The molecule has 0 aliphatic heterocycles. The Labute approximate surface area is 222 Å². The molecule has 0 saturated carbocycles. The summed E-state index contributed by atoms with van der Waals surface area (Å²) in [5.41, 5.74) is 0.878. The van der Waals surface area contributed by atoms with Crippen LogP contribution in [0.2, 0.25) is 0 Å². The topological polar surface area (TPSA) is 92.7 Å². The molecule has 0 heterocycles. The number of rotatable bonds is 11. The fourth-order valence-electron chi connectivity index (χ4n) is 4.06. The van der Waals surface area contributed by atoms with Crippen LogP contribution in [0.1, 0.15) is 15.9 Å². The van der Waals surface area contributed by atoms with Gasteiger partial charge in [-0.05, 0) is 48.0 Å². The third-order valence-corrected chi connectivity index (χ3v) is 8.76. The van der Waals surface area contributed by atoms with Crippen molar-refractivity contribution >= 4 is 35.5 Å². The van der Waals surface area contributed by atoms with Gasteiger partial charge in [0, 0.05) is 10.6 Å². The van der Waals surface area contributed by atoms with E-state index in [1.807, 2.05) is 30.3 Å². The highest BCUT2D eigenvalue weighted by Crippen LogP contribution is 2.40. The highest BCUT2D eigenvalue weighted by molar-refractivity contribution is 7.77. The van der Waals surface area contributed by atoms with Crippen molar-refractivity contribution in [2.24, 2.45) is 0 Å². The normalized spacial score (nSPS) is 13.1. The lowest BCUT2D eigenvalue weighted by molar-refractivity contribution is -0.117. The van der Waals surface area contributed by atoms with Crippen molar-refractivity contribution in [3.63, 3.8) is 0 Å². The molecule has 192 valence electrons. The van der Waals surface area contributed by atoms with Crippen LogP contribution in [0.4, 0.5) is 0 Å². The monoisotopic (exact) mass is 525 g/mol. The first kappa shape index (κ1) is 27.0. The number of methoxy groups -OCH3 is 1. The van der Waals surface area contributed by atoms with Gasteiger partial charge in [0.1, 0.15) is 17.9 Å². The van der Waals surface area contributed by atoms with E-state index in [1.54, 1.807) is 84.9 Å². The molecule has 38 heavy (non-hydrogen) atoms. The van der Waals surface area contributed by atoms with E-state index in [0.717, 1.165) is 5.56 Å². The van der Waals surface area contributed by atoms with Crippen molar-refractivity contribution in [1.82, 2.24) is 5.09 Å². The lowest BCUT2D eigenvalue weighted by Gasteiger charge is -2.28. The van der Waals surface area contributed by atoms with Crippen LogP contribution in [0.15, 0.2) is 121 Å². The van der Waals surface area contributed by atoms with Crippen LogP contribution in [-0.2, 0) is 9.36 Å². The molecule has 0 unspecified atom stereocenters. The molecule has 0 aliphatic carbocycles. The van der Waals surface area contributed by atoms with Gasteiger partial charge in [-0.3, -0.25) is 14.2 Å². The van der Waals surface area contributed by atoms with Gasteiger partial charge in [-0.15, -0.1) is 0 Å². The second-order valence-electron chi connectivity index (χ2n) is 8.54. The van der Waals surface area contributed by atoms with E-state index in [-0.39, 0.29) is 11.3 Å². The zero-order valence-electron chi connectivity index (χ0n) is 20.8. The average molecular weight is 526 g/mol. The summed E-state index contributed by atoms with van der Waals surface area (Å²) < 4.78 is 20.0. The molecule has 4 aromatic carbocycles. The maximum absolute atomic E-state index is 14.7. The first-order valence-electron chi connectivity index (χ1n) is 12.1. The minimum Gasteiger partial charge on any atom is -0.496 e. The minimum absolute atomic E-state index is 0.114. The van der Waals surface area contributed by atoms with Crippen LogP contribution in [-0.4, -0.2) is 35.9 Å². The second kappa shape index (κ2) is 12.4. The number of para-hydroxylation sites is 1. The summed E-state index contributed by atoms with van der Waals surface area (Å²) in [6, 6.07) is 31.4. The van der Waals surface area contributed by atoms with Crippen molar-refractivity contribution < 1.29 is 24.0 Å². The molecule has 0 spiro atoms. The fraction of sp³-hybridized carbons (Fsp3) is 0.0968. The fourth-order valence-corrected chi connectivity index (χ4v) is 6.51. The number of aliphatic hydroxyl groups excluding tert-OH is 1. The van der Waals surface area contributed by atoms with Crippen molar-refractivity contribution in [2.75, 3.05) is 7.11 Å². The van der Waals surface area contributed by atoms with E-state index in [9.17, 15) is 19.3 Å². The van der Waals surface area contributed by atoms with Crippen molar-refractivity contribution in [2.45, 2.75) is 12.1 Å². The second-order valence-corrected chi connectivity index (χ2v) is 11.1. The maximum Gasteiger partial charge on any atom is 0.205 e. The molecule has 0 aliphatic rings. The molecule has 2 atom stereocenters. The molecule has 4 rings (SSSR count). The zero-order chi connectivity index (χ0) is 27.0. The molecule has 7 heteroatoms. The number of carbonyl (C=O) groups excluding carboxylic acids is 2. The van der Waals surface area contributed by atoms with E-state index in [1.165, 1.54) is 19.3 Å². The van der Waals surface area contributed by atoms with Gasteiger partial charge in [0.25, 0.3) is 0 Å². The van der Waals surface area contributed by atoms with Gasteiger partial charge in [-0.2, -0.15) is 0 Å². The number of hydrogen-bond donors (Lipinski definition) is 2. The first-order valence-corrected chi connectivity index (χ1v) is 13.8. The van der Waals surface area contributed by atoms with Gasteiger partial charge >= 0.3 is 0 Å². The number of nitrogens with one attached hydrogen (secondary N) is 1. The number of carbonyl (C=O) groups is 2. The summed E-state index contributed by atoms with van der Waals surface area (Å²) in [4.78, 5) is 27.0. The third-order valence-electron chi connectivity index (χ3n) is 6.06. The summed E-state index contributed by atoms with van der Waals surface area (Å²) in [5.74, 6) is -1.07. The summed E-state index contributed by atoms with van der Waals surface area (Å²) in [7, 11) is -2.26. The molecule has 4 aromatic rings. The average Bonchev–Trinajstić information content (AvgIpc) is 2.99. The molecule has 0 fully saturated rings. The predicted molar refractivity (Wildman–Crippen MR) is 150 cm³/mol. The molecule has 0 saturated heterocycles. The van der Waals surface area contributed by atoms with Crippen LogP contribution in [0, 0.1) is 0 Å². The van der Waals surface area contributed by atoms with E-state index < -0.39 is 31.0 Å². The molecule has 6 nitrogen and oxygen atoms in total. The van der Waals surface area contributed by atoms with Crippen molar-refractivity contribution in [3.8, 4) is 5.75 Å². The predicted octanol–water partition coefficient (Wildman–Crippen LogP) is 4.41. The quantitative estimate of drug-likeness (QED) is 0.171. The Kier molecular flexibility index (Phi) is 8.82. The van der Waals surface area contributed by atoms with Crippen LogP contribution >= 0.6 is 7.29 Å². The first-order chi connectivity index (χ1) is 18.4. The van der Waals surface area contributed by atoms with Crippen molar-refractivity contribution in [1.29, 1.82) is 0 Å². The SMILES string of the molecule is COc1ccccc1C(=O)[C@H](O)[C@@H](NP(=O)(c1ccccc1)c1ccccc1)C(=O)/C=C/c1ccccc1. The smallest absolute Gasteiger partial charge is 0.205 e. The van der Waals surface area contributed by atoms with Gasteiger partial charge in [0.2, 0.25) is 7.29 Å². The summed E-state index contributed by atoms with van der Waals surface area (Å²) in [6.45, 7) is 0. The number of Topliss-reactive ketones (excluding diaryl/α,β-unsaturated/α-hetero) is 1. The Bertz CT molecular complexity index is 1410. The van der Waals surface area contributed by atoms with Gasteiger partial charge in [0.05, 0.1) is 12.7 Å². The summed E-state index contributed by atoms with van der Waals surface area (Å²) in [6.07, 6.45) is 1.03. The number of aliphatic hydroxyl groups is 1. The van der Waals surface area contributed by atoms with E-state index in [4.69, 9.17) is 4.74 Å². The molecule has 0 aromatic heterocycles. The lowest BCUT2D eigenvalue weighted by atomic mass is 9.97.